The standard InChI is InChI=1S/C8H9NO3S/c10-8(11)6-7(13-4-9-6)5-2-1-3-12-5/h4-5H,1-3H2,(H,10,11)/t5-/m0/s1. The lowest BCUT2D eigenvalue weighted by Crippen LogP contribution is -2.04. The molecule has 13 heavy (non-hydrogen) atoms. The lowest BCUT2D eigenvalue weighted by Gasteiger charge is -2.06. The van der Waals surface area contributed by atoms with Gasteiger partial charge in [0, 0.05) is 6.61 Å². The van der Waals surface area contributed by atoms with Gasteiger partial charge in [-0.1, -0.05) is 0 Å². The number of hydrogen-bond donors (Lipinski definition) is 1. The highest BCUT2D eigenvalue weighted by molar-refractivity contribution is 7.10. The van der Waals surface area contributed by atoms with Crippen LogP contribution in [0.15, 0.2) is 5.51 Å². The van der Waals surface area contributed by atoms with Gasteiger partial charge in [0.1, 0.15) is 0 Å². The molecule has 4 nitrogen and oxygen atoms in total. The zero-order valence-electron chi connectivity index (χ0n) is 6.90. The van der Waals surface area contributed by atoms with Crippen molar-refractivity contribution in [3.8, 4) is 0 Å². The number of ether oxygens (including phenoxy) is 1. The van der Waals surface area contributed by atoms with Gasteiger partial charge in [0.2, 0.25) is 0 Å². The van der Waals surface area contributed by atoms with Crippen LogP contribution >= 0.6 is 11.3 Å². The summed E-state index contributed by atoms with van der Waals surface area (Å²) in [7, 11) is 0. The summed E-state index contributed by atoms with van der Waals surface area (Å²) in [6.07, 6.45) is 1.86. The molecule has 0 aliphatic carbocycles. The summed E-state index contributed by atoms with van der Waals surface area (Å²) < 4.78 is 5.40. The fourth-order valence-electron chi connectivity index (χ4n) is 1.43. The molecule has 1 aliphatic heterocycles. The smallest absolute Gasteiger partial charge is 0.355 e. The maximum Gasteiger partial charge on any atom is 0.355 e. The quantitative estimate of drug-likeness (QED) is 0.787. The van der Waals surface area contributed by atoms with Gasteiger partial charge in [-0.25, -0.2) is 9.78 Å². The van der Waals surface area contributed by atoms with E-state index in [1.54, 1.807) is 5.51 Å². The summed E-state index contributed by atoms with van der Waals surface area (Å²) in [5, 5.41) is 8.80. The number of rotatable bonds is 2. The Bertz CT molecular complexity index is 317. The third-order valence-corrected chi connectivity index (χ3v) is 2.94. The fourth-order valence-corrected chi connectivity index (χ4v) is 2.29. The molecule has 0 spiro atoms. The average molecular weight is 199 g/mol. The van der Waals surface area contributed by atoms with E-state index < -0.39 is 5.97 Å². The lowest BCUT2D eigenvalue weighted by atomic mass is 10.2. The Kier molecular flexibility index (Phi) is 2.28. The van der Waals surface area contributed by atoms with Crippen LogP contribution in [0.1, 0.15) is 34.3 Å². The Morgan fingerprint density at radius 1 is 1.77 bits per heavy atom. The molecule has 5 heteroatoms. The molecule has 2 rings (SSSR count). The number of carboxylic acids is 1. The Morgan fingerprint density at radius 3 is 3.23 bits per heavy atom. The van der Waals surface area contributed by atoms with Gasteiger partial charge in [-0.3, -0.25) is 0 Å². The van der Waals surface area contributed by atoms with Crippen LogP contribution < -0.4 is 0 Å². The van der Waals surface area contributed by atoms with Crippen molar-refractivity contribution in [3.05, 3.63) is 16.1 Å². The molecule has 1 N–H and O–H groups in total. The molecular formula is C8H9NO3S. The Morgan fingerprint density at radius 2 is 2.62 bits per heavy atom. The Hall–Kier alpha value is -0.940. The van der Waals surface area contributed by atoms with Gasteiger partial charge in [0.15, 0.2) is 5.69 Å². The molecule has 0 saturated carbocycles. The van der Waals surface area contributed by atoms with Crippen molar-refractivity contribution in [1.82, 2.24) is 4.98 Å². The minimum absolute atomic E-state index is 0.0430. The summed E-state index contributed by atoms with van der Waals surface area (Å²) in [6, 6.07) is 0. The predicted octanol–water partition coefficient (Wildman–Crippen LogP) is 1.69. The van der Waals surface area contributed by atoms with E-state index in [2.05, 4.69) is 4.98 Å². The number of carbonyl (C=O) groups is 1. The summed E-state index contributed by atoms with van der Waals surface area (Å²) in [5.74, 6) is -0.966. The first-order valence-electron chi connectivity index (χ1n) is 4.07. The summed E-state index contributed by atoms with van der Waals surface area (Å²) >= 11 is 1.36. The zero-order chi connectivity index (χ0) is 9.26. The van der Waals surface area contributed by atoms with E-state index in [9.17, 15) is 4.79 Å². The van der Waals surface area contributed by atoms with Crippen molar-refractivity contribution in [2.45, 2.75) is 18.9 Å². The van der Waals surface area contributed by atoms with Crippen LogP contribution in [-0.2, 0) is 4.74 Å². The molecule has 0 aromatic carbocycles. The molecule has 1 saturated heterocycles. The first kappa shape index (κ1) is 8.65. The number of aromatic nitrogens is 1. The molecule has 0 radical (unpaired) electrons. The predicted molar refractivity (Wildman–Crippen MR) is 47.0 cm³/mol. The van der Waals surface area contributed by atoms with E-state index in [1.165, 1.54) is 11.3 Å². The van der Waals surface area contributed by atoms with E-state index in [0.717, 1.165) is 24.3 Å². The van der Waals surface area contributed by atoms with Gasteiger partial charge in [-0.2, -0.15) is 0 Å². The van der Waals surface area contributed by atoms with Crippen LogP contribution in [0.3, 0.4) is 0 Å². The largest absolute Gasteiger partial charge is 0.476 e. The first-order chi connectivity index (χ1) is 6.29. The van der Waals surface area contributed by atoms with Gasteiger partial charge in [0.05, 0.1) is 16.5 Å². The molecule has 0 unspecified atom stereocenters. The number of hydrogen-bond acceptors (Lipinski definition) is 4. The van der Waals surface area contributed by atoms with E-state index in [0.29, 0.717) is 0 Å². The van der Waals surface area contributed by atoms with Crippen molar-refractivity contribution >= 4 is 17.3 Å². The maximum atomic E-state index is 10.7. The lowest BCUT2D eigenvalue weighted by molar-refractivity contribution is 0.0677. The minimum atomic E-state index is -0.966. The van der Waals surface area contributed by atoms with Crippen LogP contribution in [0.25, 0.3) is 0 Å². The van der Waals surface area contributed by atoms with E-state index in [4.69, 9.17) is 9.84 Å². The molecule has 1 atom stereocenters. The fraction of sp³-hybridized carbons (Fsp3) is 0.500. The molecule has 1 fully saturated rings. The Labute approximate surface area is 79.2 Å². The number of carboxylic acid groups (broad SMARTS) is 1. The van der Waals surface area contributed by atoms with Gasteiger partial charge >= 0.3 is 5.97 Å². The van der Waals surface area contributed by atoms with Crippen molar-refractivity contribution in [2.75, 3.05) is 6.61 Å². The van der Waals surface area contributed by atoms with Crippen LogP contribution in [0.4, 0.5) is 0 Å². The normalized spacial score (nSPS) is 22.0. The van der Waals surface area contributed by atoms with Crippen molar-refractivity contribution < 1.29 is 14.6 Å². The van der Waals surface area contributed by atoms with Crippen LogP contribution in [0, 0.1) is 0 Å². The summed E-state index contributed by atoms with van der Waals surface area (Å²) in [6.45, 7) is 0.724. The minimum Gasteiger partial charge on any atom is -0.476 e. The highest BCUT2D eigenvalue weighted by Crippen LogP contribution is 2.33. The highest BCUT2D eigenvalue weighted by atomic mass is 32.1. The van der Waals surface area contributed by atoms with Crippen LogP contribution in [0.2, 0.25) is 0 Å². The SMILES string of the molecule is O=C(O)c1ncsc1[C@@H]1CCCO1. The average Bonchev–Trinajstić information content (AvgIpc) is 2.74. The highest BCUT2D eigenvalue weighted by Gasteiger charge is 2.25. The Balaban J connectivity index is 2.28. The van der Waals surface area contributed by atoms with Gasteiger partial charge in [-0.05, 0) is 12.8 Å². The number of aromatic carboxylic acids is 1. The van der Waals surface area contributed by atoms with Gasteiger partial charge < -0.3 is 9.84 Å². The first-order valence-corrected chi connectivity index (χ1v) is 4.95. The molecule has 70 valence electrons. The van der Waals surface area contributed by atoms with Crippen molar-refractivity contribution in [1.29, 1.82) is 0 Å². The summed E-state index contributed by atoms with van der Waals surface area (Å²) in [4.78, 5) is 15.3. The monoisotopic (exact) mass is 199 g/mol. The van der Waals surface area contributed by atoms with Gasteiger partial charge in [-0.15, -0.1) is 11.3 Å². The topological polar surface area (TPSA) is 59.4 Å². The summed E-state index contributed by atoms with van der Waals surface area (Å²) in [5.41, 5.74) is 1.71. The third kappa shape index (κ3) is 1.57. The van der Waals surface area contributed by atoms with E-state index in [1.807, 2.05) is 0 Å². The molecular weight excluding hydrogens is 190 g/mol. The molecule has 2 heterocycles. The van der Waals surface area contributed by atoms with Crippen molar-refractivity contribution in [2.24, 2.45) is 0 Å². The van der Waals surface area contributed by atoms with E-state index in [-0.39, 0.29) is 11.8 Å². The van der Waals surface area contributed by atoms with E-state index >= 15 is 0 Å². The third-order valence-electron chi connectivity index (χ3n) is 2.02. The molecule has 1 aromatic heterocycles. The molecule has 1 aromatic rings. The second-order valence-electron chi connectivity index (χ2n) is 2.87. The molecule has 0 bridgehead atoms. The molecule has 0 amide bonds. The second-order valence-corrected chi connectivity index (χ2v) is 3.76. The maximum absolute atomic E-state index is 10.7. The van der Waals surface area contributed by atoms with Gasteiger partial charge in [0.25, 0.3) is 0 Å². The van der Waals surface area contributed by atoms with Crippen LogP contribution in [-0.4, -0.2) is 22.7 Å². The zero-order valence-corrected chi connectivity index (χ0v) is 7.71. The number of nitrogens with zero attached hydrogens (tertiary/aromatic N) is 1. The molecule has 1 aliphatic rings. The number of thiazole rings is 1. The van der Waals surface area contributed by atoms with Crippen LogP contribution in [0.5, 0.6) is 0 Å². The van der Waals surface area contributed by atoms with Crippen molar-refractivity contribution in [3.63, 3.8) is 0 Å². The second kappa shape index (κ2) is 3.43.